The summed E-state index contributed by atoms with van der Waals surface area (Å²) in [6.07, 6.45) is 1.78. The number of carbonyl (C=O) groups excluding carboxylic acids is 3. The lowest BCUT2D eigenvalue weighted by atomic mass is 10.0. The van der Waals surface area contributed by atoms with E-state index in [4.69, 9.17) is 10.8 Å². The molecule has 2 saturated heterocycles. The second-order valence-corrected chi connectivity index (χ2v) is 8.95. The van der Waals surface area contributed by atoms with Crippen LogP contribution < -0.4 is 11.1 Å². The average Bonchev–Trinajstić information content (AvgIpc) is 3.38. The molecule has 0 radical (unpaired) electrons. The van der Waals surface area contributed by atoms with Crippen LogP contribution in [-0.2, 0) is 24.0 Å². The molecule has 2 heterocycles. The monoisotopic (exact) mass is 454 g/mol. The molecule has 0 aromatic carbocycles. The van der Waals surface area contributed by atoms with Crippen LogP contribution in [0.1, 0.15) is 58.8 Å². The molecule has 2 aliphatic rings. The number of carboxylic acid groups (broad SMARTS) is 2. The van der Waals surface area contributed by atoms with Crippen molar-refractivity contribution in [2.45, 2.75) is 83.0 Å². The zero-order valence-corrected chi connectivity index (χ0v) is 18.7. The van der Waals surface area contributed by atoms with Gasteiger partial charge in [-0.1, -0.05) is 13.8 Å². The summed E-state index contributed by atoms with van der Waals surface area (Å²) in [6.45, 7) is 4.50. The molecule has 2 fully saturated rings. The van der Waals surface area contributed by atoms with Crippen molar-refractivity contribution in [3.63, 3.8) is 0 Å². The molecular formula is C21H34N4O7. The van der Waals surface area contributed by atoms with Crippen molar-refractivity contribution in [2.75, 3.05) is 13.1 Å². The number of nitrogens with two attached hydrogens (primary N) is 1. The van der Waals surface area contributed by atoms with Gasteiger partial charge in [-0.25, -0.2) is 4.79 Å². The lowest BCUT2D eigenvalue weighted by Gasteiger charge is -2.30. The summed E-state index contributed by atoms with van der Waals surface area (Å²) < 4.78 is 0. The van der Waals surface area contributed by atoms with Crippen molar-refractivity contribution in [1.29, 1.82) is 0 Å². The molecule has 32 heavy (non-hydrogen) atoms. The quantitative estimate of drug-likeness (QED) is 0.351. The lowest BCUT2D eigenvalue weighted by molar-refractivity contribution is -0.150. The Morgan fingerprint density at radius 3 is 2.06 bits per heavy atom. The molecular weight excluding hydrogens is 420 g/mol. The third kappa shape index (κ3) is 6.41. The molecule has 2 aliphatic heterocycles. The molecule has 0 saturated carbocycles. The van der Waals surface area contributed by atoms with Crippen LogP contribution in [0.2, 0.25) is 0 Å². The van der Waals surface area contributed by atoms with E-state index in [1.165, 1.54) is 9.80 Å². The lowest BCUT2D eigenvalue weighted by Crippen LogP contribution is -2.56. The maximum absolute atomic E-state index is 13.0. The Morgan fingerprint density at radius 2 is 1.53 bits per heavy atom. The van der Waals surface area contributed by atoms with Crippen LogP contribution in [0.25, 0.3) is 0 Å². The standard InChI is InChI=1S/C21H34N4O7/c1-12(2)11-13(22)19(29)24-9-3-5-15(24)18(28)23-14(7-8-17(26)27)20(30)25-10-4-6-16(25)21(31)32/h12-16H,3-11,22H2,1-2H3,(H,23,28)(H,26,27)(H,31,32). The van der Waals surface area contributed by atoms with Crippen molar-refractivity contribution in [1.82, 2.24) is 15.1 Å². The summed E-state index contributed by atoms with van der Waals surface area (Å²) in [6, 6.07) is -3.70. The molecule has 0 aromatic rings. The van der Waals surface area contributed by atoms with E-state index in [2.05, 4.69) is 5.32 Å². The minimum absolute atomic E-state index is 0.170. The van der Waals surface area contributed by atoms with Gasteiger partial charge in [0.1, 0.15) is 18.1 Å². The van der Waals surface area contributed by atoms with Crippen LogP contribution in [0.5, 0.6) is 0 Å². The highest BCUT2D eigenvalue weighted by Crippen LogP contribution is 2.22. The number of carboxylic acids is 2. The molecule has 3 amide bonds. The first kappa shape index (κ1) is 25.6. The molecule has 5 N–H and O–H groups in total. The Kier molecular flexibility index (Phi) is 8.99. The number of nitrogens with one attached hydrogen (secondary N) is 1. The van der Waals surface area contributed by atoms with Gasteiger partial charge in [0, 0.05) is 19.5 Å². The number of rotatable bonds is 10. The fourth-order valence-corrected chi connectivity index (χ4v) is 4.41. The van der Waals surface area contributed by atoms with E-state index in [1.807, 2.05) is 13.8 Å². The van der Waals surface area contributed by atoms with Crippen molar-refractivity contribution >= 4 is 29.7 Å². The number of likely N-dealkylation sites (tertiary alicyclic amines) is 2. The van der Waals surface area contributed by atoms with Crippen molar-refractivity contribution in [3.05, 3.63) is 0 Å². The molecule has 0 aromatic heterocycles. The molecule has 11 heteroatoms. The van der Waals surface area contributed by atoms with Gasteiger partial charge in [0.15, 0.2) is 0 Å². The van der Waals surface area contributed by atoms with Crippen LogP contribution >= 0.6 is 0 Å². The smallest absolute Gasteiger partial charge is 0.326 e. The van der Waals surface area contributed by atoms with Gasteiger partial charge >= 0.3 is 11.9 Å². The summed E-state index contributed by atoms with van der Waals surface area (Å²) in [5, 5.41) is 21.0. The van der Waals surface area contributed by atoms with Gasteiger partial charge in [-0.3, -0.25) is 19.2 Å². The molecule has 4 unspecified atom stereocenters. The van der Waals surface area contributed by atoms with Gasteiger partial charge in [-0.2, -0.15) is 0 Å². The largest absolute Gasteiger partial charge is 0.481 e. The van der Waals surface area contributed by atoms with Gasteiger partial charge in [0.25, 0.3) is 0 Å². The van der Waals surface area contributed by atoms with Crippen LogP contribution in [0.4, 0.5) is 0 Å². The predicted octanol–water partition coefficient (Wildman–Crippen LogP) is -0.224. The first-order valence-electron chi connectivity index (χ1n) is 11.1. The Labute approximate surface area is 187 Å². The van der Waals surface area contributed by atoms with E-state index in [-0.39, 0.29) is 31.2 Å². The Morgan fingerprint density at radius 1 is 0.969 bits per heavy atom. The van der Waals surface area contributed by atoms with Gasteiger partial charge in [-0.05, 0) is 44.4 Å². The molecule has 0 aliphatic carbocycles. The second-order valence-electron chi connectivity index (χ2n) is 8.95. The number of aliphatic carboxylic acids is 2. The molecule has 2 rings (SSSR count). The van der Waals surface area contributed by atoms with E-state index in [0.29, 0.717) is 38.6 Å². The normalized spacial score (nSPS) is 22.6. The van der Waals surface area contributed by atoms with Crippen LogP contribution in [0.3, 0.4) is 0 Å². The van der Waals surface area contributed by atoms with Crippen molar-refractivity contribution in [3.8, 4) is 0 Å². The third-order valence-electron chi connectivity index (χ3n) is 5.96. The number of carbonyl (C=O) groups is 5. The van der Waals surface area contributed by atoms with Gasteiger partial charge in [-0.15, -0.1) is 0 Å². The first-order chi connectivity index (χ1) is 15.0. The maximum Gasteiger partial charge on any atom is 0.326 e. The van der Waals surface area contributed by atoms with Crippen LogP contribution in [0, 0.1) is 5.92 Å². The SMILES string of the molecule is CC(C)CC(N)C(=O)N1CCCC1C(=O)NC(CCC(=O)O)C(=O)N1CCCC1C(=O)O. The van der Waals surface area contributed by atoms with Crippen molar-refractivity contribution in [2.24, 2.45) is 11.7 Å². The summed E-state index contributed by atoms with van der Waals surface area (Å²) in [7, 11) is 0. The Bertz CT molecular complexity index is 742. The fourth-order valence-electron chi connectivity index (χ4n) is 4.41. The highest BCUT2D eigenvalue weighted by Gasteiger charge is 2.40. The summed E-state index contributed by atoms with van der Waals surface area (Å²) >= 11 is 0. The second kappa shape index (κ2) is 11.3. The molecule has 11 nitrogen and oxygen atoms in total. The Hall–Kier alpha value is -2.69. The van der Waals surface area contributed by atoms with E-state index in [0.717, 1.165) is 0 Å². The van der Waals surface area contributed by atoms with E-state index in [9.17, 15) is 29.1 Å². The number of nitrogens with zero attached hydrogens (tertiary/aromatic N) is 2. The molecule has 180 valence electrons. The van der Waals surface area contributed by atoms with E-state index in [1.54, 1.807) is 0 Å². The van der Waals surface area contributed by atoms with Crippen LogP contribution in [-0.4, -0.2) is 86.9 Å². The number of amides is 3. The van der Waals surface area contributed by atoms with Gasteiger partial charge < -0.3 is 31.1 Å². The van der Waals surface area contributed by atoms with E-state index < -0.39 is 47.9 Å². The average molecular weight is 455 g/mol. The topological polar surface area (TPSA) is 170 Å². The van der Waals surface area contributed by atoms with E-state index >= 15 is 0 Å². The molecule has 0 spiro atoms. The predicted molar refractivity (Wildman–Crippen MR) is 113 cm³/mol. The van der Waals surface area contributed by atoms with Crippen molar-refractivity contribution < 1.29 is 34.2 Å². The van der Waals surface area contributed by atoms with Crippen LogP contribution in [0.15, 0.2) is 0 Å². The third-order valence-corrected chi connectivity index (χ3v) is 5.96. The summed E-state index contributed by atoms with van der Waals surface area (Å²) in [4.78, 5) is 63.9. The Balaban J connectivity index is 2.13. The minimum Gasteiger partial charge on any atom is -0.481 e. The molecule has 4 atom stereocenters. The highest BCUT2D eigenvalue weighted by molar-refractivity contribution is 5.94. The van der Waals surface area contributed by atoms with Gasteiger partial charge in [0.05, 0.1) is 6.04 Å². The minimum atomic E-state index is -1.18. The fraction of sp³-hybridized carbons (Fsp3) is 0.762. The number of hydrogen-bond donors (Lipinski definition) is 4. The first-order valence-corrected chi connectivity index (χ1v) is 11.1. The highest BCUT2D eigenvalue weighted by atomic mass is 16.4. The number of hydrogen-bond acceptors (Lipinski definition) is 6. The summed E-state index contributed by atoms with van der Waals surface area (Å²) in [5.41, 5.74) is 6.01. The maximum atomic E-state index is 13.0. The zero-order chi connectivity index (χ0) is 24.0. The summed E-state index contributed by atoms with van der Waals surface area (Å²) in [5.74, 6) is -3.55. The van der Waals surface area contributed by atoms with Gasteiger partial charge in [0.2, 0.25) is 17.7 Å². The zero-order valence-electron chi connectivity index (χ0n) is 18.7. The molecule has 0 bridgehead atoms.